The summed E-state index contributed by atoms with van der Waals surface area (Å²) >= 11 is 3.36. The van der Waals surface area contributed by atoms with Crippen molar-refractivity contribution in [1.82, 2.24) is 14.8 Å². The van der Waals surface area contributed by atoms with Gasteiger partial charge in [0, 0.05) is 23.8 Å². The number of nitrogens with zero attached hydrogens (tertiary/aromatic N) is 3. The summed E-state index contributed by atoms with van der Waals surface area (Å²) in [6.07, 6.45) is 2.78. The number of hydrogen-bond acceptors (Lipinski definition) is 4. The van der Waals surface area contributed by atoms with Crippen LogP contribution in [0.25, 0.3) is 0 Å². The van der Waals surface area contributed by atoms with Crippen molar-refractivity contribution in [2.24, 2.45) is 0 Å². The maximum absolute atomic E-state index is 12.0. The summed E-state index contributed by atoms with van der Waals surface area (Å²) < 4.78 is 0.911. The van der Waals surface area contributed by atoms with E-state index in [9.17, 15) is 4.79 Å². The Kier molecular flexibility index (Phi) is 5.30. The summed E-state index contributed by atoms with van der Waals surface area (Å²) in [6, 6.07) is 3.63. The standard InChI is InChI=1S/C13H19BrN4O/c1-17-5-2-6-18(8-7-17)10-13(19)16-12-9-11(14)3-4-15-12/h3-4,9H,2,5-8,10H2,1H3,(H,15,16,19). The van der Waals surface area contributed by atoms with Crippen LogP contribution in [0.1, 0.15) is 6.42 Å². The van der Waals surface area contributed by atoms with Crippen molar-refractivity contribution < 1.29 is 4.79 Å². The zero-order valence-electron chi connectivity index (χ0n) is 11.1. The van der Waals surface area contributed by atoms with Crippen LogP contribution in [0.3, 0.4) is 0 Å². The molecule has 19 heavy (non-hydrogen) atoms. The second-order valence-electron chi connectivity index (χ2n) is 4.84. The summed E-state index contributed by atoms with van der Waals surface area (Å²) in [6.45, 7) is 4.47. The van der Waals surface area contributed by atoms with Gasteiger partial charge >= 0.3 is 0 Å². The average Bonchev–Trinajstić information content (AvgIpc) is 2.54. The van der Waals surface area contributed by atoms with Crippen molar-refractivity contribution in [2.45, 2.75) is 6.42 Å². The Labute approximate surface area is 122 Å². The van der Waals surface area contributed by atoms with E-state index in [-0.39, 0.29) is 5.91 Å². The molecule has 6 heteroatoms. The minimum atomic E-state index is -0.00449. The molecule has 1 aliphatic rings. The van der Waals surface area contributed by atoms with Crippen molar-refractivity contribution >= 4 is 27.7 Å². The van der Waals surface area contributed by atoms with Gasteiger partial charge in [-0.2, -0.15) is 0 Å². The van der Waals surface area contributed by atoms with Crippen LogP contribution in [0.15, 0.2) is 22.8 Å². The Balaban J connectivity index is 1.84. The number of aromatic nitrogens is 1. The van der Waals surface area contributed by atoms with Crippen molar-refractivity contribution in [2.75, 3.05) is 45.1 Å². The van der Waals surface area contributed by atoms with Gasteiger partial charge in [0.05, 0.1) is 6.54 Å². The Bertz CT molecular complexity index is 440. The molecule has 0 aromatic carbocycles. The molecule has 1 aromatic heterocycles. The van der Waals surface area contributed by atoms with Crippen LogP contribution >= 0.6 is 15.9 Å². The fourth-order valence-electron chi connectivity index (χ4n) is 2.12. The molecule has 0 saturated carbocycles. The van der Waals surface area contributed by atoms with Gasteiger partial charge in [0.1, 0.15) is 5.82 Å². The quantitative estimate of drug-likeness (QED) is 0.912. The zero-order valence-corrected chi connectivity index (χ0v) is 12.7. The molecular formula is C13H19BrN4O. The molecular weight excluding hydrogens is 308 g/mol. The molecule has 0 atom stereocenters. The lowest BCUT2D eigenvalue weighted by atomic mass is 10.3. The minimum absolute atomic E-state index is 0.00449. The Hall–Kier alpha value is -0.980. The Morgan fingerprint density at radius 3 is 3.05 bits per heavy atom. The van der Waals surface area contributed by atoms with Gasteiger partial charge < -0.3 is 10.2 Å². The van der Waals surface area contributed by atoms with E-state index in [2.05, 4.69) is 43.1 Å². The smallest absolute Gasteiger partial charge is 0.239 e. The fraction of sp³-hybridized carbons (Fsp3) is 0.538. The third-order valence-corrected chi connectivity index (χ3v) is 3.66. The van der Waals surface area contributed by atoms with Crippen LogP contribution in [0.5, 0.6) is 0 Å². The lowest BCUT2D eigenvalue weighted by Crippen LogP contribution is -2.36. The number of amides is 1. The third-order valence-electron chi connectivity index (χ3n) is 3.17. The molecule has 2 heterocycles. The van der Waals surface area contributed by atoms with Gasteiger partial charge in [-0.1, -0.05) is 15.9 Å². The first-order valence-corrected chi connectivity index (χ1v) is 7.25. The van der Waals surface area contributed by atoms with Gasteiger partial charge in [-0.15, -0.1) is 0 Å². The van der Waals surface area contributed by atoms with Gasteiger partial charge in [0.2, 0.25) is 5.91 Å². The van der Waals surface area contributed by atoms with Crippen LogP contribution in [0.2, 0.25) is 0 Å². The number of rotatable bonds is 3. The van der Waals surface area contributed by atoms with Crippen molar-refractivity contribution in [3.05, 3.63) is 22.8 Å². The number of carbonyl (C=O) groups excluding carboxylic acids is 1. The summed E-state index contributed by atoms with van der Waals surface area (Å²) in [7, 11) is 2.12. The van der Waals surface area contributed by atoms with E-state index in [1.54, 1.807) is 12.3 Å². The molecule has 104 valence electrons. The summed E-state index contributed by atoms with van der Waals surface area (Å²) in [5.41, 5.74) is 0. The predicted octanol–water partition coefficient (Wildman–Crippen LogP) is 1.42. The van der Waals surface area contributed by atoms with Crippen LogP contribution in [0.4, 0.5) is 5.82 Å². The van der Waals surface area contributed by atoms with Gasteiger partial charge in [-0.05, 0) is 38.7 Å². The molecule has 0 radical (unpaired) electrons. The third kappa shape index (κ3) is 4.89. The fourth-order valence-corrected chi connectivity index (χ4v) is 2.45. The highest BCUT2D eigenvalue weighted by atomic mass is 79.9. The molecule has 5 nitrogen and oxygen atoms in total. The maximum Gasteiger partial charge on any atom is 0.239 e. The van der Waals surface area contributed by atoms with Gasteiger partial charge in [-0.3, -0.25) is 9.69 Å². The average molecular weight is 327 g/mol. The monoisotopic (exact) mass is 326 g/mol. The van der Waals surface area contributed by atoms with Crippen molar-refractivity contribution in [1.29, 1.82) is 0 Å². The van der Waals surface area contributed by atoms with Gasteiger partial charge in [0.25, 0.3) is 0 Å². The van der Waals surface area contributed by atoms with E-state index < -0.39 is 0 Å². The molecule has 1 aliphatic heterocycles. The number of nitrogens with one attached hydrogen (secondary N) is 1. The molecule has 1 fully saturated rings. The van der Waals surface area contributed by atoms with E-state index in [1.807, 2.05) is 6.07 Å². The van der Waals surface area contributed by atoms with E-state index in [0.717, 1.165) is 37.1 Å². The molecule has 0 aliphatic carbocycles. The number of anilines is 1. The first-order valence-electron chi connectivity index (χ1n) is 6.46. The van der Waals surface area contributed by atoms with E-state index >= 15 is 0 Å². The molecule has 1 N–H and O–H groups in total. The molecule has 0 bridgehead atoms. The van der Waals surface area contributed by atoms with Gasteiger partial charge in [0.15, 0.2) is 0 Å². The van der Waals surface area contributed by atoms with E-state index in [1.165, 1.54) is 0 Å². The molecule has 1 aromatic rings. The van der Waals surface area contributed by atoms with E-state index in [4.69, 9.17) is 0 Å². The normalized spacial score (nSPS) is 18.0. The Morgan fingerprint density at radius 2 is 2.26 bits per heavy atom. The van der Waals surface area contributed by atoms with Crippen LogP contribution < -0.4 is 5.32 Å². The summed E-state index contributed by atoms with van der Waals surface area (Å²) in [5, 5.41) is 2.83. The second kappa shape index (κ2) is 6.98. The highest BCUT2D eigenvalue weighted by molar-refractivity contribution is 9.10. The SMILES string of the molecule is CN1CCCN(CC(=O)Nc2cc(Br)ccn2)CC1. The summed E-state index contributed by atoms with van der Waals surface area (Å²) in [5.74, 6) is 0.585. The molecule has 1 saturated heterocycles. The van der Waals surface area contributed by atoms with E-state index in [0.29, 0.717) is 12.4 Å². The largest absolute Gasteiger partial charge is 0.310 e. The zero-order chi connectivity index (χ0) is 13.7. The van der Waals surface area contributed by atoms with Crippen LogP contribution in [-0.4, -0.2) is 60.5 Å². The second-order valence-corrected chi connectivity index (χ2v) is 5.76. The summed E-state index contributed by atoms with van der Waals surface area (Å²) in [4.78, 5) is 20.6. The number of hydrogen-bond donors (Lipinski definition) is 1. The van der Waals surface area contributed by atoms with Crippen molar-refractivity contribution in [3.8, 4) is 0 Å². The topological polar surface area (TPSA) is 48.5 Å². The van der Waals surface area contributed by atoms with Crippen LogP contribution in [0, 0.1) is 0 Å². The lowest BCUT2D eigenvalue weighted by molar-refractivity contribution is -0.117. The highest BCUT2D eigenvalue weighted by Crippen LogP contribution is 2.12. The Morgan fingerprint density at radius 1 is 1.42 bits per heavy atom. The molecule has 0 unspecified atom stereocenters. The number of halogens is 1. The lowest BCUT2D eigenvalue weighted by Gasteiger charge is -2.19. The molecule has 1 amide bonds. The minimum Gasteiger partial charge on any atom is -0.310 e. The van der Waals surface area contributed by atoms with Crippen LogP contribution in [-0.2, 0) is 4.79 Å². The predicted molar refractivity (Wildman–Crippen MR) is 79.1 cm³/mol. The van der Waals surface area contributed by atoms with Gasteiger partial charge in [-0.25, -0.2) is 4.98 Å². The number of carbonyl (C=O) groups is 1. The highest BCUT2D eigenvalue weighted by Gasteiger charge is 2.15. The maximum atomic E-state index is 12.0. The first kappa shape index (κ1) is 14.4. The molecule has 2 rings (SSSR count). The number of pyridine rings is 1. The van der Waals surface area contributed by atoms with Crippen molar-refractivity contribution in [3.63, 3.8) is 0 Å². The number of likely N-dealkylation sites (N-methyl/N-ethyl adjacent to an activating group) is 1. The first-order chi connectivity index (χ1) is 9.13. The molecule has 0 spiro atoms.